The van der Waals surface area contributed by atoms with Crippen LogP contribution in [0.25, 0.3) is 10.8 Å². The first kappa shape index (κ1) is 27.8. The number of rotatable bonds is 4. The van der Waals surface area contributed by atoms with Crippen molar-refractivity contribution in [1.82, 2.24) is 5.32 Å². The molecule has 2 saturated carbocycles. The molecule has 12 heteroatoms. The quantitative estimate of drug-likeness (QED) is 0.108. The minimum atomic E-state index is -2.38. The zero-order valence-electron chi connectivity index (χ0n) is 22.4. The molecule has 1 aliphatic heterocycles. The largest absolute Gasteiger partial charge is 0.426 e. The molecular weight excluding hydrogens is 565 g/mol. The van der Waals surface area contributed by atoms with Crippen LogP contribution in [-0.2, 0) is 14.4 Å². The average Bonchev–Trinajstić information content (AvgIpc) is 3.24. The number of amides is 2. The summed E-state index contributed by atoms with van der Waals surface area (Å²) in [6.07, 6.45) is 0.994. The van der Waals surface area contributed by atoms with Crippen molar-refractivity contribution in [3.63, 3.8) is 0 Å². The van der Waals surface area contributed by atoms with Crippen LogP contribution in [0.1, 0.15) is 50.4 Å². The van der Waals surface area contributed by atoms with Crippen molar-refractivity contribution in [3.05, 3.63) is 71.0 Å². The van der Waals surface area contributed by atoms with Crippen LogP contribution in [0.3, 0.4) is 0 Å². The van der Waals surface area contributed by atoms with Gasteiger partial charge in [-0.15, -0.1) is 0 Å². The molecule has 0 radical (unpaired) electrons. The van der Waals surface area contributed by atoms with Gasteiger partial charge in [0.1, 0.15) is 5.75 Å². The van der Waals surface area contributed by atoms with Gasteiger partial charge in [0.25, 0.3) is 0 Å². The van der Waals surface area contributed by atoms with Crippen molar-refractivity contribution >= 4 is 34.5 Å². The Hall–Kier alpha value is -4.35. The first-order valence-electron chi connectivity index (χ1n) is 12.9. The third-order valence-corrected chi connectivity index (χ3v) is 9.38. The molecule has 3 aromatic carbocycles. The molecule has 1 unspecified atom stereocenters. The van der Waals surface area contributed by atoms with Gasteiger partial charge in [-0.05, 0) is 73.6 Å². The lowest BCUT2D eigenvalue weighted by atomic mass is 9.39. The maximum absolute atomic E-state index is 13.9. The summed E-state index contributed by atoms with van der Waals surface area (Å²) >= 11 is 0. The molecule has 1 heterocycles. The molecule has 3 aliphatic rings. The standard InChI is InChI=1S/C30H22F5NO6/c1-27(10-28(2)12-29(3)24(38)36-25(39)30(28,29)11-27)26(40)41-16-7-6-13-8-15(5-4-14(13)9-16)23(37)42-22-20(34)18(32)17(31)19(33)21(22)35/h4-9H,10-12H2,1-3H3,(H,36,38,39)/t27-,28-,29-,30?/m1/s1. The van der Waals surface area contributed by atoms with Crippen LogP contribution in [0.2, 0.25) is 0 Å². The van der Waals surface area contributed by atoms with E-state index in [2.05, 4.69) is 10.1 Å². The first-order valence-corrected chi connectivity index (χ1v) is 12.9. The monoisotopic (exact) mass is 587 g/mol. The van der Waals surface area contributed by atoms with Crippen LogP contribution in [0, 0.1) is 50.7 Å². The first-order chi connectivity index (χ1) is 19.6. The van der Waals surface area contributed by atoms with Crippen molar-refractivity contribution in [1.29, 1.82) is 0 Å². The van der Waals surface area contributed by atoms with E-state index >= 15 is 0 Å². The number of nitrogens with one attached hydrogen (secondary N) is 1. The third kappa shape index (κ3) is 3.43. The minimum Gasteiger partial charge on any atom is -0.426 e. The molecule has 1 saturated heterocycles. The second-order valence-corrected chi connectivity index (χ2v) is 12.1. The normalized spacial score (nSPS) is 29.5. The number of esters is 2. The lowest BCUT2D eigenvalue weighted by Crippen LogP contribution is -2.62. The van der Waals surface area contributed by atoms with Crippen LogP contribution in [0.5, 0.6) is 11.5 Å². The Labute approximate surface area is 235 Å². The summed E-state index contributed by atoms with van der Waals surface area (Å²) in [6, 6.07) is 8.33. The Kier molecular flexibility index (Phi) is 5.68. The Morgan fingerprint density at radius 2 is 1.33 bits per heavy atom. The fraction of sp³-hybridized carbons (Fsp3) is 0.333. The number of hydrogen-bond donors (Lipinski definition) is 1. The Morgan fingerprint density at radius 1 is 0.738 bits per heavy atom. The Morgan fingerprint density at radius 3 is 1.98 bits per heavy atom. The Balaban J connectivity index is 1.21. The van der Waals surface area contributed by atoms with Crippen LogP contribution < -0.4 is 14.8 Å². The third-order valence-electron chi connectivity index (χ3n) is 9.38. The molecule has 1 N–H and O–H groups in total. The highest BCUT2D eigenvalue weighted by Crippen LogP contribution is 2.80. The molecule has 42 heavy (non-hydrogen) atoms. The van der Waals surface area contributed by atoms with Crippen molar-refractivity contribution in [2.24, 2.45) is 21.7 Å². The average molecular weight is 587 g/mol. The molecule has 218 valence electrons. The summed E-state index contributed by atoms with van der Waals surface area (Å²) in [4.78, 5) is 51.3. The molecule has 3 fully saturated rings. The second-order valence-electron chi connectivity index (χ2n) is 12.1. The van der Waals surface area contributed by atoms with Crippen LogP contribution in [0.4, 0.5) is 22.0 Å². The second kappa shape index (κ2) is 8.59. The predicted octanol–water partition coefficient (Wildman–Crippen LogP) is 5.52. The summed E-state index contributed by atoms with van der Waals surface area (Å²) < 4.78 is 78.3. The van der Waals surface area contributed by atoms with Crippen molar-refractivity contribution in [2.45, 2.75) is 40.0 Å². The number of halogens is 5. The van der Waals surface area contributed by atoms with E-state index in [0.717, 1.165) is 0 Å². The van der Waals surface area contributed by atoms with E-state index in [9.17, 15) is 41.1 Å². The number of benzene rings is 3. The van der Waals surface area contributed by atoms with Gasteiger partial charge in [-0.2, -0.15) is 8.78 Å². The van der Waals surface area contributed by atoms with Crippen molar-refractivity contribution in [2.75, 3.05) is 0 Å². The van der Waals surface area contributed by atoms with Gasteiger partial charge in [0, 0.05) is 0 Å². The topological polar surface area (TPSA) is 98.8 Å². The fourth-order valence-electron chi connectivity index (χ4n) is 7.61. The molecule has 2 amide bonds. The number of hydrogen-bond acceptors (Lipinski definition) is 6. The van der Waals surface area contributed by atoms with Crippen molar-refractivity contribution in [3.8, 4) is 11.5 Å². The minimum absolute atomic E-state index is 0.158. The molecule has 2 aliphatic carbocycles. The van der Waals surface area contributed by atoms with Crippen LogP contribution in [-0.4, -0.2) is 23.8 Å². The van der Waals surface area contributed by atoms with Gasteiger partial charge in [0.15, 0.2) is 0 Å². The van der Waals surface area contributed by atoms with Crippen LogP contribution in [0.15, 0.2) is 36.4 Å². The van der Waals surface area contributed by atoms with Gasteiger partial charge in [-0.3, -0.25) is 19.7 Å². The maximum Gasteiger partial charge on any atom is 0.343 e. The lowest BCUT2D eigenvalue weighted by molar-refractivity contribution is -0.179. The van der Waals surface area contributed by atoms with E-state index in [4.69, 9.17) is 4.74 Å². The lowest BCUT2D eigenvalue weighted by Gasteiger charge is -2.59. The fourth-order valence-corrected chi connectivity index (χ4v) is 7.61. The Bertz CT molecular complexity index is 1760. The molecule has 7 nitrogen and oxygen atoms in total. The number of ether oxygens (including phenoxy) is 2. The van der Waals surface area contributed by atoms with E-state index in [0.29, 0.717) is 23.6 Å². The van der Waals surface area contributed by atoms with Gasteiger partial charge >= 0.3 is 11.9 Å². The van der Waals surface area contributed by atoms with E-state index in [1.807, 2.05) is 6.92 Å². The van der Waals surface area contributed by atoms with Crippen molar-refractivity contribution < 1.29 is 50.6 Å². The van der Waals surface area contributed by atoms with Gasteiger partial charge in [-0.1, -0.05) is 19.1 Å². The smallest absolute Gasteiger partial charge is 0.343 e. The number of carbonyl (C=O) groups excluding carboxylic acids is 4. The predicted molar refractivity (Wildman–Crippen MR) is 135 cm³/mol. The van der Waals surface area contributed by atoms with Gasteiger partial charge < -0.3 is 9.47 Å². The van der Waals surface area contributed by atoms with E-state index in [1.54, 1.807) is 13.8 Å². The van der Waals surface area contributed by atoms with Gasteiger partial charge in [0.2, 0.25) is 46.6 Å². The molecular formula is C30H22F5NO6. The molecule has 0 aromatic heterocycles. The number of imide groups is 1. The summed E-state index contributed by atoms with van der Waals surface area (Å²) in [5, 5.41) is 3.34. The molecule has 4 atom stereocenters. The van der Waals surface area contributed by atoms with E-state index < -0.39 is 68.4 Å². The van der Waals surface area contributed by atoms with Crippen LogP contribution >= 0.6 is 0 Å². The maximum atomic E-state index is 13.9. The van der Waals surface area contributed by atoms with Gasteiger partial charge in [0.05, 0.1) is 21.8 Å². The highest BCUT2D eigenvalue weighted by molar-refractivity contribution is 6.12. The number of fused-ring (bicyclic) bond motifs is 1. The molecule has 1 spiro atoms. The summed E-state index contributed by atoms with van der Waals surface area (Å²) in [5.41, 5.74) is -3.70. The zero-order valence-corrected chi connectivity index (χ0v) is 22.4. The summed E-state index contributed by atoms with van der Waals surface area (Å²) in [5.74, 6) is -15.6. The zero-order chi connectivity index (χ0) is 30.6. The highest BCUT2D eigenvalue weighted by Gasteiger charge is 2.84. The highest BCUT2D eigenvalue weighted by atomic mass is 19.2. The SMILES string of the molecule is C[C@]1(C(=O)Oc2ccc3cc(C(=O)Oc4c(F)c(F)c(F)c(F)c4F)ccc3c2)CC23C(=O)NC(=O)[C@@]2(C)C[C@@]3(C)C1. The number of carbonyl (C=O) groups is 4. The molecule has 0 bridgehead atoms. The molecule has 6 rings (SSSR count). The van der Waals surface area contributed by atoms with E-state index in [1.165, 1.54) is 36.4 Å². The van der Waals surface area contributed by atoms with Gasteiger partial charge in [-0.25, -0.2) is 18.0 Å². The summed E-state index contributed by atoms with van der Waals surface area (Å²) in [7, 11) is 0. The summed E-state index contributed by atoms with van der Waals surface area (Å²) in [6.45, 7) is 5.38. The van der Waals surface area contributed by atoms with E-state index in [-0.39, 0.29) is 29.5 Å². The molecule has 3 aromatic rings.